The van der Waals surface area contributed by atoms with Crippen molar-refractivity contribution in [1.29, 1.82) is 0 Å². The molecule has 0 bridgehead atoms. The van der Waals surface area contributed by atoms with Gasteiger partial charge in [0.25, 0.3) is 5.91 Å². The Morgan fingerprint density at radius 2 is 1.72 bits per heavy atom. The Morgan fingerprint density at radius 1 is 1.00 bits per heavy atom. The lowest BCUT2D eigenvalue weighted by molar-refractivity contribution is 0.0569. The van der Waals surface area contributed by atoms with Gasteiger partial charge in [-0.3, -0.25) is 4.79 Å². The van der Waals surface area contributed by atoms with Crippen molar-refractivity contribution in [3.8, 4) is 0 Å². The summed E-state index contributed by atoms with van der Waals surface area (Å²) in [5.74, 6) is 1.57. The van der Waals surface area contributed by atoms with E-state index in [9.17, 15) is 4.79 Å². The van der Waals surface area contributed by atoms with Crippen LogP contribution in [0.25, 0.3) is 0 Å². The first-order chi connectivity index (χ1) is 12.1. The molecule has 4 rings (SSSR count). The fourth-order valence-corrected chi connectivity index (χ4v) is 3.37. The average Bonchev–Trinajstić information content (AvgIpc) is 3.08. The number of fused-ring (bicyclic) bond motifs is 1. The molecule has 2 aromatic carbocycles. The molecule has 1 aliphatic heterocycles. The van der Waals surface area contributed by atoms with E-state index in [1.807, 2.05) is 85.5 Å². The summed E-state index contributed by atoms with van der Waals surface area (Å²) in [6.07, 6.45) is -0.341. The summed E-state index contributed by atoms with van der Waals surface area (Å²) in [4.78, 5) is 15.1. The number of hydrogen-bond acceptors (Lipinski definition) is 3. The number of carbonyl (C=O) groups excluding carboxylic acids is 1. The molecular weight excluding hydrogens is 312 g/mol. The number of benzene rings is 2. The standard InChI is InChI=1S/C21H20N2O2/c1-14-12-13-19(25-14)20-22-18-11-7-6-10-17(18)21(24)23(20)15(2)16-8-4-3-5-9-16/h3-13,15,20,22H,1-2H3/t15-,20-/m1/s1. The van der Waals surface area contributed by atoms with Crippen molar-refractivity contribution in [2.75, 3.05) is 5.32 Å². The number of nitrogens with one attached hydrogen (secondary N) is 1. The number of carbonyl (C=O) groups is 1. The van der Waals surface area contributed by atoms with Crippen LogP contribution < -0.4 is 5.32 Å². The Balaban J connectivity index is 1.81. The summed E-state index contributed by atoms with van der Waals surface area (Å²) in [7, 11) is 0. The van der Waals surface area contributed by atoms with Crippen LogP contribution in [0, 0.1) is 6.92 Å². The summed E-state index contributed by atoms with van der Waals surface area (Å²) in [5.41, 5.74) is 2.61. The maximum Gasteiger partial charge on any atom is 0.258 e. The van der Waals surface area contributed by atoms with Crippen LogP contribution in [0.4, 0.5) is 5.69 Å². The number of aryl methyl sites for hydroxylation is 1. The largest absolute Gasteiger partial charge is 0.462 e. The van der Waals surface area contributed by atoms with Gasteiger partial charge in [-0.1, -0.05) is 42.5 Å². The van der Waals surface area contributed by atoms with Crippen molar-refractivity contribution in [2.24, 2.45) is 0 Å². The van der Waals surface area contributed by atoms with E-state index in [1.54, 1.807) is 0 Å². The monoisotopic (exact) mass is 332 g/mol. The minimum Gasteiger partial charge on any atom is -0.462 e. The first-order valence-electron chi connectivity index (χ1n) is 8.44. The smallest absolute Gasteiger partial charge is 0.258 e. The van der Waals surface area contributed by atoms with Crippen LogP contribution in [0.2, 0.25) is 0 Å². The Morgan fingerprint density at radius 3 is 2.44 bits per heavy atom. The van der Waals surface area contributed by atoms with E-state index in [1.165, 1.54) is 0 Å². The highest BCUT2D eigenvalue weighted by molar-refractivity contribution is 6.01. The second-order valence-corrected chi connectivity index (χ2v) is 6.34. The van der Waals surface area contributed by atoms with E-state index in [0.29, 0.717) is 5.56 Å². The summed E-state index contributed by atoms with van der Waals surface area (Å²) in [5, 5.41) is 3.47. The maximum absolute atomic E-state index is 13.3. The van der Waals surface area contributed by atoms with Gasteiger partial charge in [0.2, 0.25) is 0 Å². The molecule has 0 unspecified atom stereocenters. The quantitative estimate of drug-likeness (QED) is 0.741. The van der Waals surface area contributed by atoms with Crippen LogP contribution in [0.3, 0.4) is 0 Å². The van der Waals surface area contributed by atoms with Gasteiger partial charge in [-0.15, -0.1) is 0 Å². The van der Waals surface area contributed by atoms with Crippen molar-refractivity contribution in [3.63, 3.8) is 0 Å². The van der Waals surface area contributed by atoms with Gasteiger partial charge in [0.05, 0.1) is 11.6 Å². The van der Waals surface area contributed by atoms with Gasteiger partial charge in [0.15, 0.2) is 6.17 Å². The molecule has 0 fully saturated rings. The molecule has 1 N–H and O–H groups in total. The van der Waals surface area contributed by atoms with Crippen molar-refractivity contribution in [3.05, 3.63) is 89.4 Å². The van der Waals surface area contributed by atoms with Gasteiger partial charge in [0, 0.05) is 5.69 Å². The maximum atomic E-state index is 13.3. The molecule has 4 nitrogen and oxygen atoms in total. The number of rotatable bonds is 3. The minimum absolute atomic E-state index is 0.00440. The highest BCUT2D eigenvalue weighted by Gasteiger charge is 2.37. The molecule has 1 aromatic heterocycles. The van der Waals surface area contributed by atoms with Crippen molar-refractivity contribution >= 4 is 11.6 Å². The predicted molar refractivity (Wildman–Crippen MR) is 97.3 cm³/mol. The van der Waals surface area contributed by atoms with Crippen LogP contribution in [0.15, 0.2) is 71.1 Å². The molecule has 3 aromatic rings. The number of amides is 1. The van der Waals surface area contributed by atoms with E-state index >= 15 is 0 Å². The zero-order chi connectivity index (χ0) is 17.4. The Bertz CT molecular complexity index is 901. The number of anilines is 1. The zero-order valence-corrected chi connectivity index (χ0v) is 14.3. The average molecular weight is 332 g/mol. The molecule has 1 amide bonds. The lowest BCUT2D eigenvalue weighted by Crippen LogP contribution is -2.44. The first kappa shape index (κ1) is 15.5. The lowest BCUT2D eigenvalue weighted by atomic mass is 10.0. The topological polar surface area (TPSA) is 45.5 Å². The minimum atomic E-state index is -0.341. The van der Waals surface area contributed by atoms with E-state index in [0.717, 1.165) is 22.8 Å². The molecule has 2 atom stereocenters. The van der Waals surface area contributed by atoms with Gasteiger partial charge in [0.1, 0.15) is 11.5 Å². The molecule has 126 valence electrons. The van der Waals surface area contributed by atoms with Crippen molar-refractivity contribution in [1.82, 2.24) is 4.90 Å². The molecule has 25 heavy (non-hydrogen) atoms. The molecule has 2 heterocycles. The molecule has 4 heteroatoms. The summed E-state index contributed by atoms with van der Waals surface area (Å²) in [6.45, 7) is 3.96. The second-order valence-electron chi connectivity index (χ2n) is 6.34. The van der Waals surface area contributed by atoms with E-state index in [-0.39, 0.29) is 18.1 Å². The SMILES string of the molecule is Cc1ccc([C@@H]2Nc3ccccc3C(=O)N2[C@H](C)c2ccccc2)o1. The molecule has 0 saturated heterocycles. The summed E-state index contributed by atoms with van der Waals surface area (Å²) >= 11 is 0. The zero-order valence-electron chi connectivity index (χ0n) is 14.3. The summed E-state index contributed by atoms with van der Waals surface area (Å²) in [6, 6.07) is 21.4. The number of furan rings is 1. The second kappa shape index (κ2) is 6.13. The molecule has 0 spiro atoms. The van der Waals surface area contributed by atoms with E-state index < -0.39 is 0 Å². The van der Waals surface area contributed by atoms with Crippen molar-refractivity contribution < 1.29 is 9.21 Å². The fourth-order valence-electron chi connectivity index (χ4n) is 3.37. The Hall–Kier alpha value is -3.01. The first-order valence-corrected chi connectivity index (χ1v) is 8.44. The predicted octanol–water partition coefficient (Wildman–Crippen LogP) is 4.92. The van der Waals surface area contributed by atoms with Crippen LogP contribution in [0.5, 0.6) is 0 Å². The molecule has 0 aliphatic carbocycles. The van der Waals surface area contributed by atoms with E-state index in [4.69, 9.17) is 4.42 Å². The molecule has 1 aliphatic rings. The third kappa shape index (κ3) is 2.70. The highest BCUT2D eigenvalue weighted by atomic mass is 16.3. The van der Waals surface area contributed by atoms with Crippen LogP contribution in [0.1, 0.15) is 46.6 Å². The number of nitrogens with zero attached hydrogens (tertiary/aromatic N) is 1. The van der Waals surface area contributed by atoms with Gasteiger partial charge < -0.3 is 14.6 Å². The molecular formula is C21H20N2O2. The van der Waals surface area contributed by atoms with Gasteiger partial charge in [-0.2, -0.15) is 0 Å². The normalized spacial score (nSPS) is 17.8. The van der Waals surface area contributed by atoms with Crippen molar-refractivity contribution in [2.45, 2.75) is 26.1 Å². The highest BCUT2D eigenvalue weighted by Crippen LogP contribution is 2.38. The number of hydrogen-bond donors (Lipinski definition) is 1. The fraction of sp³-hybridized carbons (Fsp3) is 0.190. The molecule has 0 radical (unpaired) electrons. The summed E-state index contributed by atoms with van der Waals surface area (Å²) < 4.78 is 5.85. The van der Waals surface area contributed by atoms with Crippen LogP contribution in [-0.2, 0) is 0 Å². The van der Waals surface area contributed by atoms with E-state index in [2.05, 4.69) is 5.32 Å². The third-order valence-electron chi connectivity index (χ3n) is 4.69. The van der Waals surface area contributed by atoms with Crippen LogP contribution >= 0.6 is 0 Å². The lowest BCUT2D eigenvalue weighted by Gasteiger charge is -2.40. The van der Waals surface area contributed by atoms with Gasteiger partial charge >= 0.3 is 0 Å². The van der Waals surface area contributed by atoms with Gasteiger partial charge in [-0.05, 0) is 43.7 Å². The van der Waals surface area contributed by atoms with Gasteiger partial charge in [-0.25, -0.2) is 0 Å². The molecule has 0 saturated carbocycles. The Labute approximate surface area is 147 Å². The van der Waals surface area contributed by atoms with Crippen LogP contribution in [-0.4, -0.2) is 10.8 Å². The number of para-hydroxylation sites is 1. The Kier molecular flexibility index (Phi) is 3.80. The third-order valence-corrected chi connectivity index (χ3v) is 4.69.